The minimum atomic E-state index is -0.0437. The summed E-state index contributed by atoms with van der Waals surface area (Å²) < 4.78 is 0. The van der Waals surface area contributed by atoms with Gasteiger partial charge in [0.05, 0.1) is 0 Å². The van der Waals surface area contributed by atoms with Crippen molar-refractivity contribution in [3.63, 3.8) is 0 Å². The first-order valence-electron chi connectivity index (χ1n) is 9.49. The van der Waals surface area contributed by atoms with Crippen LogP contribution < -0.4 is 5.32 Å². The number of carbonyl (C=O) groups is 2. The van der Waals surface area contributed by atoms with E-state index in [1.165, 1.54) is 25.3 Å². The van der Waals surface area contributed by atoms with Gasteiger partial charge in [0.2, 0.25) is 11.8 Å². The number of benzene rings is 1. The molecule has 1 heterocycles. The lowest BCUT2D eigenvalue weighted by Gasteiger charge is -2.36. The lowest BCUT2D eigenvalue weighted by atomic mass is 10.1. The Morgan fingerprint density at radius 2 is 1.68 bits per heavy atom. The Kier molecular flexibility index (Phi) is 6.08. The molecule has 2 amide bonds. The van der Waals surface area contributed by atoms with Crippen molar-refractivity contribution in [3.8, 4) is 0 Å². The maximum atomic E-state index is 12.5. The van der Waals surface area contributed by atoms with Crippen molar-refractivity contribution in [1.82, 2.24) is 9.80 Å². The molecule has 0 unspecified atom stereocenters. The third-order valence-corrected chi connectivity index (χ3v) is 5.38. The normalized spacial score (nSPS) is 19.2. The van der Waals surface area contributed by atoms with E-state index in [9.17, 15) is 9.59 Å². The van der Waals surface area contributed by atoms with Crippen LogP contribution in [0.3, 0.4) is 0 Å². The number of nitrogens with one attached hydrogen (secondary N) is 1. The summed E-state index contributed by atoms with van der Waals surface area (Å²) in [6.07, 6.45) is 5.62. The first-order chi connectivity index (χ1) is 12.1. The number of anilines is 1. The van der Waals surface area contributed by atoms with Crippen molar-refractivity contribution in [1.29, 1.82) is 0 Å². The van der Waals surface area contributed by atoms with Gasteiger partial charge in [0, 0.05) is 51.3 Å². The summed E-state index contributed by atoms with van der Waals surface area (Å²) >= 11 is 0. The third kappa shape index (κ3) is 5.05. The lowest BCUT2D eigenvalue weighted by Crippen LogP contribution is -2.50. The molecular formula is C20H29N3O2. The van der Waals surface area contributed by atoms with Crippen molar-refractivity contribution in [2.75, 3.05) is 38.0 Å². The zero-order chi connectivity index (χ0) is 17.6. The van der Waals surface area contributed by atoms with E-state index in [2.05, 4.69) is 27.2 Å². The standard InChI is InChI=1S/C20H29N3O2/c1-16(24)21-19-8-6-17(7-9-19)10-11-22-12-14-23(15-13-22)20(25)18-4-2-3-5-18/h6-9,18H,2-5,10-15H2,1H3,(H,21,24). The number of nitrogens with zero attached hydrogens (tertiary/aromatic N) is 2. The highest BCUT2D eigenvalue weighted by Gasteiger charge is 2.29. The molecule has 2 fully saturated rings. The Hall–Kier alpha value is -1.88. The summed E-state index contributed by atoms with van der Waals surface area (Å²) in [5.41, 5.74) is 2.12. The van der Waals surface area contributed by atoms with E-state index < -0.39 is 0 Å². The van der Waals surface area contributed by atoms with Crippen LogP contribution in [0.15, 0.2) is 24.3 Å². The second kappa shape index (κ2) is 8.48. The molecule has 0 bridgehead atoms. The van der Waals surface area contributed by atoms with Gasteiger partial charge in [0.1, 0.15) is 0 Å². The number of piperazine rings is 1. The number of hydrogen-bond acceptors (Lipinski definition) is 3. The summed E-state index contributed by atoms with van der Waals surface area (Å²) in [6.45, 7) is 6.23. The quantitative estimate of drug-likeness (QED) is 0.894. The van der Waals surface area contributed by atoms with E-state index in [1.54, 1.807) is 0 Å². The minimum absolute atomic E-state index is 0.0437. The van der Waals surface area contributed by atoms with Crippen LogP contribution in [0, 0.1) is 5.92 Å². The van der Waals surface area contributed by atoms with Crippen molar-refractivity contribution in [2.24, 2.45) is 5.92 Å². The molecular weight excluding hydrogens is 314 g/mol. The van der Waals surface area contributed by atoms with Crippen molar-refractivity contribution < 1.29 is 9.59 Å². The molecule has 1 aliphatic carbocycles. The summed E-state index contributed by atoms with van der Waals surface area (Å²) in [5, 5.41) is 2.79. The average molecular weight is 343 g/mol. The van der Waals surface area contributed by atoms with Crippen LogP contribution in [0.2, 0.25) is 0 Å². The second-order valence-corrected chi connectivity index (χ2v) is 7.28. The molecule has 3 rings (SSSR count). The van der Waals surface area contributed by atoms with Gasteiger partial charge in [0.25, 0.3) is 0 Å². The predicted molar refractivity (Wildman–Crippen MR) is 99.4 cm³/mol. The number of carbonyl (C=O) groups excluding carboxylic acids is 2. The summed E-state index contributed by atoms with van der Waals surface area (Å²) in [4.78, 5) is 28.0. The fourth-order valence-corrected chi connectivity index (χ4v) is 3.87. The maximum absolute atomic E-state index is 12.5. The van der Waals surface area contributed by atoms with Crippen LogP contribution in [0.1, 0.15) is 38.2 Å². The molecule has 0 spiro atoms. The molecule has 25 heavy (non-hydrogen) atoms. The highest BCUT2D eigenvalue weighted by Crippen LogP contribution is 2.26. The first-order valence-corrected chi connectivity index (χ1v) is 9.49. The van der Waals surface area contributed by atoms with Gasteiger partial charge >= 0.3 is 0 Å². The average Bonchev–Trinajstić information content (AvgIpc) is 3.15. The number of amides is 2. The predicted octanol–water partition coefficient (Wildman–Crippen LogP) is 2.52. The molecule has 1 saturated carbocycles. The van der Waals surface area contributed by atoms with Gasteiger partial charge in [-0.3, -0.25) is 14.5 Å². The molecule has 136 valence electrons. The monoisotopic (exact) mass is 343 g/mol. The largest absolute Gasteiger partial charge is 0.340 e. The van der Waals surface area contributed by atoms with Gasteiger partial charge in [-0.2, -0.15) is 0 Å². The molecule has 0 aromatic heterocycles. The molecule has 1 aromatic rings. The Morgan fingerprint density at radius 3 is 2.28 bits per heavy atom. The first kappa shape index (κ1) is 17.9. The molecule has 0 radical (unpaired) electrons. The Morgan fingerprint density at radius 1 is 1.04 bits per heavy atom. The van der Waals surface area contributed by atoms with E-state index in [-0.39, 0.29) is 5.91 Å². The molecule has 5 nitrogen and oxygen atoms in total. The zero-order valence-corrected chi connectivity index (χ0v) is 15.2. The molecule has 0 atom stereocenters. The topological polar surface area (TPSA) is 52.7 Å². The Balaban J connectivity index is 1.40. The van der Waals surface area contributed by atoms with Crippen molar-refractivity contribution in [3.05, 3.63) is 29.8 Å². The highest BCUT2D eigenvalue weighted by molar-refractivity contribution is 5.88. The Bertz CT molecular complexity index is 585. The van der Waals surface area contributed by atoms with E-state index in [1.807, 2.05) is 12.1 Å². The van der Waals surface area contributed by atoms with Crippen LogP contribution in [-0.4, -0.2) is 54.3 Å². The third-order valence-electron chi connectivity index (χ3n) is 5.38. The number of rotatable bonds is 5. The van der Waals surface area contributed by atoms with Gasteiger partial charge in [-0.05, 0) is 37.0 Å². The van der Waals surface area contributed by atoms with Gasteiger partial charge in [0.15, 0.2) is 0 Å². The van der Waals surface area contributed by atoms with E-state index in [0.717, 1.165) is 57.7 Å². The van der Waals surface area contributed by atoms with Crippen LogP contribution in [-0.2, 0) is 16.0 Å². The van der Waals surface area contributed by atoms with Crippen LogP contribution in [0.25, 0.3) is 0 Å². The molecule has 1 N–H and O–H groups in total. The smallest absolute Gasteiger partial charge is 0.225 e. The second-order valence-electron chi connectivity index (χ2n) is 7.28. The summed E-state index contributed by atoms with van der Waals surface area (Å²) in [6, 6.07) is 8.06. The highest BCUT2D eigenvalue weighted by atomic mass is 16.2. The van der Waals surface area contributed by atoms with Crippen LogP contribution >= 0.6 is 0 Å². The molecule has 5 heteroatoms. The fraction of sp³-hybridized carbons (Fsp3) is 0.600. The Labute approximate surface area is 150 Å². The van der Waals surface area contributed by atoms with Crippen molar-refractivity contribution in [2.45, 2.75) is 39.0 Å². The van der Waals surface area contributed by atoms with Gasteiger partial charge in [-0.1, -0.05) is 25.0 Å². The summed E-state index contributed by atoms with van der Waals surface area (Å²) in [5.74, 6) is 0.650. The minimum Gasteiger partial charge on any atom is -0.340 e. The van der Waals surface area contributed by atoms with E-state index >= 15 is 0 Å². The van der Waals surface area contributed by atoms with Gasteiger partial charge < -0.3 is 10.2 Å². The molecule has 1 saturated heterocycles. The summed E-state index contributed by atoms with van der Waals surface area (Å²) in [7, 11) is 0. The zero-order valence-electron chi connectivity index (χ0n) is 15.2. The fourth-order valence-electron chi connectivity index (χ4n) is 3.87. The SMILES string of the molecule is CC(=O)Nc1ccc(CCN2CCN(C(=O)C3CCCC3)CC2)cc1. The van der Waals surface area contributed by atoms with Gasteiger partial charge in [-0.15, -0.1) is 0 Å². The van der Waals surface area contributed by atoms with Gasteiger partial charge in [-0.25, -0.2) is 0 Å². The molecule has 1 aliphatic heterocycles. The maximum Gasteiger partial charge on any atom is 0.225 e. The molecule has 2 aliphatic rings. The van der Waals surface area contributed by atoms with Crippen LogP contribution in [0.5, 0.6) is 0 Å². The lowest BCUT2D eigenvalue weighted by molar-refractivity contribution is -0.137. The van der Waals surface area contributed by atoms with E-state index in [4.69, 9.17) is 0 Å². The van der Waals surface area contributed by atoms with Crippen molar-refractivity contribution >= 4 is 17.5 Å². The van der Waals surface area contributed by atoms with Crippen LogP contribution in [0.4, 0.5) is 5.69 Å². The number of hydrogen-bond donors (Lipinski definition) is 1. The van der Waals surface area contributed by atoms with E-state index in [0.29, 0.717) is 11.8 Å². The molecule has 1 aromatic carbocycles.